The zero-order chi connectivity index (χ0) is 20.6. The second kappa shape index (κ2) is 7.65. The number of carbonyl (C=O) groups is 1. The van der Waals surface area contributed by atoms with Crippen molar-refractivity contribution in [2.75, 3.05) is 16.2 Å². The lowest BCUT2D eigenvalue weighted by molar-refractivity contribution is -0.114. The maximum absolute atomic E-state index is 13.3. The van der Waals surface area contributed by atoms with Gasteiger partial charge in [-0.2, -0.15) is 0 Å². The van der Waals surface area contributed by atoms with Crippen LogP contribution >= 0.6 is 15.9 Å². The van der Waals surface area contributed by atoms with Gasteiger partial charge in [0.15, 0.2) is 0 Å². The van der Waals surface area contributed by atoms with Gasteiger partial charge < -0.3 is 5.32 Å². The molecule has 0 fully saturated rings. The molecule has 0 aliphatic carbocycles. The highest BCUT2D eigenvalue weighted by Gasteiger charge is 2.35. The van der Waals surface area contributed by atoms with Gasteiger partial charge in [-0.25, -0.2) is 8.42 Å². The Bertz CT molecular complexity index is 1210. The lowest BCUT2D eigenvalue weighted by atomic mass is 9.99. The summed E-state index contributed by atoms with van der Waals surface area (Å²) in [7, 11) is -3.85. The maximum Gasteiger partial charge on any atom is 0.265 e. The molecule has 0 radical (unpaired) electrons. The first-order chi connectivity index (χ1) is 13.9. The Labute approximate surface area is 178 Å². The first kappa shape index (κ1) is 19.7. The van der Waals surface area contributed by atoms with Gasteiger partial charge in [-0.1, -0.05) is 53.2 Å². The summed E-state index contributed by atoms with van der Waals surface area (Å²) in [4.78, 5) is 12.9. The van der Waals surface area contributed by atoms with Gasteiger partial charge in [0, 0.05) is 21.3 Å². The molecule has 0 atom stereocenters. The van der Waals surface area contributed by atoms with Crippen LogP contribution in [0.15, 0.2) is 76.1 Å². The van der Waals surface area contributed by atoms with Crippen LogP contribution in [0, 0.1) is 0 Å². The number of halogens is 1. The molecule has 0 unspecified atom stereocenters. The zero-order valence-electron chi connectivity index (χ0n) is 15.7. The number of sulfonamides is 1. The molecule has 1 amide bonds. The van der Waals surface area contributed by atoms with E-state index in [1.165, 1.54) is 4.31 Å². The molecular formula is C22H19BrN2O3S. The number of carbonyl (C=O) groups excluding carboxylic acids is 1. The normalized spacial score (nSPS) is 14.1. The fourth-order valence-electron chi connectivity index (χ4n) is 3.47. The smallest absolute Gasteiger partial charge is 0.265 e. The van der Waals surface area contributed by atoms with E-state index >= 15 is 0 Å². The molecule has 1 heterocycles. The number of nitrogens with one attached hydrogen (secondary N) is 1. The van der Waals surface area contributed by atoms with Crippen LogP contribution in [-0.2, 0) is 21.2 Å². The summed E-state index contributed by atoms with van der Waals surface area (Å²) in [6, 6.07) is 19.8. The molecule has 7 heteroatoms. The number of aryl methyl sites for hydroxylation is 1. The minimum atomic E-state index is -3.85. The summed E-state index contributed by atoms with van der Waals surface area (Å²) in [5, 5.41) is 2.77. The summed E-state index contributed by atoms with van der Waals surface area (Å²) in [5.41, 5.74) is 3.72. The Balaban J connectivity index is 1.74. The molecular weight excluding hydrogens is 452 g/mol. The molecule has 0 aromatic heterocycles. The molecule has 5 nitrogen and oxygen atoms in total. The fourth-order valence-corrected chi connectivity index (χ4v) is 5.51. The molecule has 0 saturated heterocycles. The summed E-state index contributed by atoms with van der Waals surface area (Å²) in [6.45, 7) is 1.75. The number of hydrogen-bond donors (Lipinski definition) is 1. The van der Waals surface area contributed by atoms with E-state index in [1.807, 2.05) is 30.3 Å². The fraction of sp³-hybridized carbons (Fsp3) is 0.136. The van der Waals surface area contributed by atoms with Gasteiger partial charge in [0.05, 0.1) is 10.6 Å². The van der Waals surface area contributed by atoms with E-state index in [0.29, 0.717) is 16.9 Å². The maximum atomic E-state index is 13.3. The molecule has 148 valence electrons. The van der Waals surface area contributed by atoms with Crippen molar-refractivity contribution < 1.29 is 13.2 Å². The Morgan fingerprint density at radius 3 is 2.55 bits per heavy atom. The van der Waals surface area contributed by atoms with Crippen molar-refractivity contribution >= 4 is 43.2 Å². The van der Waals surface area contributed by atoms with Crippen LogP contribution in [0.2, 0.25) is 0 Å². The Morgan fingerprint density at radius 1 is 1.00 bits per heavy atom. The van der Waals surface area contributed by atoms with Crippen molar-refractivity contribution in [3.8, 4) is 11.1 Å². The van der Waals surface area contributed by atoms with Crippen LogP contribution in [0.3, 0.4) is 0 Å². The predicted molar refractivity (Wildman–Crippen MR) is 119 cm³/mol. The summed E-state index contributed by atoms with van der Waals surface area (Å²) in [6.07, 6.45) is 0.839. The van der Waals surface area contributed by atoms with Crippen molar-refractivity contribution in [1.29, 1.82) is 0 Å². The highest BCUT2D eigenvalue weighted by molar-refractivity contribution is 9.10. The third-order valence-corrected chi connectivity index (χ3v) is 7.19. The number of amides is 1. The summed E-state index contributed by atoms with van der Waals surface area (Å²) in [5.74, 6) is -0.406. The monoisotopic (exact) mass is 470 g/mol. The zero-order valence-corrected chi connectivity index (χ0v) is 18.1. The molecule has 29 heavy (non-hydrogen) atoms. The average Bonchev–Trinajstić information content (AvgIpc) is 2.71. The van der Waals surface area contributed by atoms with Crippen molar-refractivity contribution in [3.63, 3.8) is 0 Å². The van der Waals surface area contributed by atoms with Crippen molar-refractivity contribution in [2.45, 2.75) is 18.2 Å². The molecule has 0 saturated carbocycles. The Kier molecular flexibility index (Phi) is 5.19. The van der Waals surface area contributed by atoms with E-state index < -0.39 is 15.9 Å². The predicted octanol–water partition coefficient (Wildman–Crippen LogP) is 4.83. The first-order valence-corrected chi connectivity index (χ1v) is 11.4. The summed E-state index contributed by atoms with van der Waals surface area (Å²) >= 11 is 3.36. The molecule has 4 rings (SSSR count). The van der Waals surface area contributed by atoms with Crippen molar-refractivity contribution in [1.82, 2.24) is 0 Å². The Morgan fingerprint density at radius 2 is 1.79 bits per heavy atom. The van der Waals surface area contributed by atoms with Crippen LogP contribution in [0.1, 0.15) is 12.5 Å². The number of nitrogens with zero attached hydrogens (tertiary/aromatic N) is 1. The van der Waals surface area contributed by atoms with Gasteiger partial charge in [-0.15, -0.1) is 0 Å². The van der Waals surface area contributed by atoms with E-state index in [4.69, 9.17) is 0 Å². The van der Waals surface area contributed by atoms with Crippen LogP contribution < -0.4 is 9.62 Å². The lowest BCUT2D eigenvalue weighted by Crippen LogP contribution is -2.40. The van der Waals surface area contributed by atoms with E-state index in [-0.39, 0.29) is 11.4 Å². The van der Waals surface area contributed by atoms with Crippen molar-refractivity contribution in [3.05, 3.63) is 76.8 Å². The largest absolute Gasteiger partial charge is 0.324 e. The van der Waals surface area contributed by atoms with E-state index in [1.54, 1.807) is 36.4 Å². The van der Waals surface area contributed by atoms with E-state index in [2.05, 4.69) is 28.2 Å². The average molecular weight is 471 g/mol. The van der Waals surface area contributed by atoms with Gasteiger partial charge >= 0.3 is 0 Å². The highest BCUT2D eigenvalue weighted by Crippen LogP contribution is 2.43. The summed E-state index contributed by atoms with van der Waals surface area (Å²) < 4.78 is 28.6. The first-order valence-electron chi connectivity index (χ1n) is 9.20. The standard InChI is InChI=1S/C22H19BrN2O3S/c1-2-15-10-11-20-19(12-15)18-8-3-4-9-21(18)29(27,28)25(20)14-22(26)24-17-7-5-6-16(23)13-17/h3-13H,2,14H2,1H3,(H,24,26). The van der Waals surface area contributed by atoms with Gasteiger partial charge in [-0.3, -0.25) is 9.10 Å². The molecule has 3 aromatic carbocycles. The topological polar surface area (TPSA) is 66.5 Å². The molecule has 1 aliphatic rings. The van der Waals surface area contributed by atoms with Gasteiger partial charge in [0.25, 0.3) is 10.0 Å². The third kappa shape index (κ3) is 3.68. The van der Waals surface area contributed by atoms with Crippen molar-refractivity contribution in [2.24, 2.45) is 0 Å². The van der Waals surface area contributed by atoms with Crippen LogP contribution in [0.5, 0.6) is 0 Å². The number of benzene rings is 3. The van der Waals surface area contributed by atoms with E-state index in [0.717, 1.165) is 22.0 Å². The Hall–Kier alpha value is -2.64. The highest BCUT2D eigenvalue weighted by atomic mass is 79.9. The molecule has 0 spiro atoms. The number of rotatable bonds is 4. The molecule has 0 bridgehead atoms. The minimum Gasteiger partial charge on any atom is -0.324 e. The van der Waals surface area contributed by atoms with Crippen LogP contribution in [-0.4, -0.2) is 20.9 Å². The van der Waals surface area contributed by atoms with Crippen LogP contribution in [0.25, 0.3) is 11.1 Å². The second-order valence-corrected chi connectivity index (χ2v) is 9.52. The lowest BCUT2D eigenvalue weighted by Gasteiger charge is -2.32. The number of fused-ring (bicyclic) bond motifs is 3. The molecule has 3 aromatic rings. The minimum absolute atomic E-state index is 0.219. The SMILES string of the molecule is CCc1ccc2c(c1)-c1ccccc1S(=O)(=O)N2CC(=O)Nc1cccc(Br)c1. The third-order valence-electron chi connectivity index (χ3n) is 4.88. The van der Waals surface area contributed by atoms with Gasteiger partial charge in [0.1, 0.15) is 6.54 Å². The number of hydrogen-bond acceptors (Lipinski definition) is 3. The van der Waals surface area contributed by atoms with Crippen LogP contribution in [0.4, 0.5) is 11.4 Å². The van der Waals surface area contributed by atoms with E-state index in [9.17, 15) is 13.2 Å². The molecule has 1 aliphatic heterocycles. The van der Waals surface area contributed by atoms with Gasteiger partial charge in [0.2, 0.25) is 5.91 Å². The number of anilines is 2. The second-order valence-electron chi connectivity index (χ2n) is 6.77. The van der Waals surface area contributed by atoms with Gasteiger partial charge in [-0.05, 0) is 48.4 Å². The molecule has 1 N–H and O–H groups in total. The quantitative estimate of drug-likeness (QED) is 0.593.